The number of hydrogen-bond acceptors (Lipinski definition) is 3. The van der Waals surface area contributed by atoms with Crippen molar-refractivity contribution in [2.24, 2.45) is 0 Å². The van der Waals surface area contributed by atoms with Crippen LogP contribution in [-0.4, -0.2) is 38.8 Å². The fourth-order valence-corrected chi connectivity index (χ4v) is 4.03. The number of carbonyl (C=O) groups is 1. The molecule has 5 heteroatoms. The summed E-state index contributed by atoms with van der Waals surface area (Å²) in [6.45, 7) is 1.45. The molecule has 5 nitrogen and oxygen atoms in total. The molecule has 1 N–H and O–H groups in total. The van der Waals surface area contributed by atoms with Crippen molar-refractivity contribution in [3.8, 4) is 11.3 Å². The van der Waals surface area contributed by atoms with Gasteiger partial charge in [0.05, 0.1) is 22.3 Å². The fourth-order valence-electron chi connectivity index (χ4n) is 4.03. The van der Waals surface area contributed by atoms with Crippen molar-refractivity contribution in [3.05, 3.63) is 84.3 Å². The van der Waals surface area contributed by atoms with Gasteiger partial charge >= 0.3 is 0 Å². The third-order valence-corrected chi connectivity index (χ3v) is 5.58. The van der Waals surface area contributed by atoms with Gasteiger partial charge in [-0.05, 0) is 37.1 Å². The van der Waals surface area contributed by atoms with Crippen molar-refractivity contribution in [2.45, 2.75) is 18.8 Å². The Kier molecular flexibility index (Phi) is 4.56. The van der Waals surface area contributed by atoms with Gasteiger partial charge in [0, 0.05) is 30.8 Å². The molecular weight excluding hydrogens is 360 g/mol. The summed E-state index contributed by atoms with van der Waals surface area (Å²) in [6.07, 6.45) is 3.70. The average Bonchev–Trinajstić information content (AvgIpc) is 3.24. The minimum Gasteiger partial charge on any atom is -0.342 e. The van der Waals surface area contributed by atoms with Gasteiger partial charge in [-0.3, -0.25) is 9.78 Å². The van der Waals surface area contributed by atoms with E-state index >= 15 is 0 Å². The van der Waals surface area contributed by atoms with E-state index in [0.717, 1.165) is 47.5 Å². The van der Waals surface area contributed by atoms with Crippen LogP contribution in [-0.2, 0) is 0 Å². The zero-order chi connectivity index (χ0) is 19.6. The molecule has 2 aromatic heterocycles. The number of para-hydroxylation sites is 2. The van der Waals surface area contributed by atoms with Crippen molar-refractivity contribution in [1.82, 2.24) is 19.9 Å². The monoisotopic (exact) mass is 382 g/mol. The second-order valence-electron chi connectivity index (χ2n) is 7.53. The van der Waals surface area contributed by atoms with E-state index in [-0.39, 0.29) is 11.8 Å². The zero-order valence-corrected chi connectivity index (χ0v) is 16.1. The molecule has 0 saturated carbocycles. The maximum absolute atomic E-state index is 13.1. The first-order valence-electron chi connectivity index (χ1n) is 10.0. The van der Waals surface area contributed by atoms with Gasteiger partial charge in [0.1, 0.15) is 5.82 Å². The molecule has 1 fully saturated rings. The maximum Gasteiger partial charge on any atom is 0.255 e. The van der Waals surface area contributed by atoms with Gasteiger partial charge in [-0.25, -0.2) is 4.98 Å². The number of imidazole rings is 1. The van der Waals surface area contributed by atoms with Crippen LogP contribution in [0, 0.1) is 0 Å². The molecule has 5 rings (SSSR count). The molecule has 29 heavy (non-hydrogen) atoms. The summed E-state index contributed by atoms with van der Waals surface area (Å²) in [5.74, 6) is 1.25. The van der Waals surface area contributed by atoms with Crippen LogP contribution in [0.5, 0.6) is 0 Å². The lowest BCUT2D eigenvalue weighted by Gasteiger charge is -2.31. The Morgan fingerprint density at radius 3 is 2.62 bits per heavy atom. The van der Waals surface area contributed by atoms with Crippen LogP contribution in [0.25, 0.3) is 22.3 Å². The topological polar surface area (TPSA) is 61.9 Å². The first-order valence-corrected chi connectivity index (χ1v) is 10.0. The highest BCUT2D eigenvalue weighted by molar-refractivity contribution is 5.94. The number of H-pyrrole nitrogens is 1. The van der Waals surface area contributed by atoms with Gasteiger partial charge in [0.25, 0.3) is 5.91 Å². The third-order valence-electron chi connectivity index (χ3n) is 5.58. The summed E-state index contributed by atoms with van der Waals surface area (Å²) in [6, 6.07) is 21.9. The molecule has 1 unspecified atom stereocenters. The molecule has 0 aliphatic carbocycles. The summed E-state index contributed by atoms with van der Waals surface area (Å²) < 4.78 is 0. The van der Waals surface area contributed by atoms with Gasteiger partial charge in [-0.2, -0.15) is 0 Å². The Morgan fingerprint density at radius 1 is 1.00 bits per heavy atom. The largest absolute Gasteiger partial charge is 0.342 e. The maximum atomic E-state index is 13.1. The molecule has 0 radical (unpaired) electrons. The first-order chi connectivity index (χ1) is 14.3. The van der Waals surface area contributed by atoms with Crippen LogP contribution >= 0.6 is 0 Å². The lowest BCUT2D eigenvalue weighted by Crippen LogP contribution is -2.39. The Morgan fingerprint density at radius 2 is 1.83 bits per heavy atom. The van der Waals surface area contributed by atoms with Gasteiger partial charge in [-0.15, -0.1) is 0 Å². The van der Waals surface area contributed by atoms with Crippen LogP contribution in [0.4, 0.5) is 0 Å². The minimum absolute atomic E-state index is 0.0397. The van der Waals surface area contributed by atoms with E-state index in [4.69, 9.17) is 4.98 Å². The van der Waals surface area contributed by atoms with Crippen LogP contribution in [0.15, 0.2) is 72.9 Å². The third kappa shape index (κ3) is 3.51. The quantitative estimate of drug-likeness (QED) is 0.561. The van der Waals surface area contributed by atoms with Crippen molar-refractivity contribution in [2.75, 3.05) is 13.1 Å². The molecule has 0 bridgehead atoms. The summed E-state index contributed by atoms with van der Waals surface area (Å²) >= 11 is 0. The standard InChI is InChI=1S/C24H22N4O/c29-24(18-12-13-20(25-15-18)17-7-2-1-3-8-17)28-14-6-9-19(16-28)23-26-21-10-4-5-11-22(21)27-23/h1-5,7-8,10-13,15,19H,6,9,14,16H2,(H,26,27). The Hall–Kier alpha value is -3.47. The van der Waals surface area contributed by atoms with E-state index in [2.05, 4.69) is 9.97 Å². The molecule has 1 aliphatic heterocycles. The van der Waals surface area contributed by atoms with Crippen molar-refractivity contribution in [3.63, 3.8) is 0 Å². The highest BCUT2D eigenvalue weighted by Gasteiger charge is 2.27. The Balaban J connectivity index is 1.33. The van der Waals surface area contributed by atoms with Crippen LogP contribution < -0.4 is 0 Å². The molecule has 1 atom stereocenters. The molecule has 0 spiro atoms. The van der Waals surface area contributed by atoms with E-state index in [0.29, 0.717) is 12.1 Å². The molecule has 1 amide bonds. The summed E-state index contributed by atoms with van der Waals surface area (Å²) in [4.78, 5) is 27.7. The van der Waals surface area contributed by atoms with E-state index < -0.39 is 0 Å². The number of nitrogens with zero attached hydrogens (tertiary/aromatic N) is 3. The average molecular weight is 382 g/mol. The number of fused-ring (bicyclic) bond motifs is 1. The highest BCUT2D eigenvalue weighted by atomic mass is 16.2. The van der Waals surface area contributed by atoms with Gasteiger partial charge < -0.3 is 9.88 Å². The zero-order valence-electron chi connectivity index (χ0n) is 16.1. The molecule has 144 valence electrons. The number of carbonyl (C=O) groups excluding carboxylic acids is 1. The second-order valence-corrected chi connectivity index (χ2v) is 7.53. The molecule has 4 aromatic rings. The lowest BCUT2D eigenvalue weighted by molar-refractivity contribution is 0.0704. The number of piperidine rings is 1. The van der Waals surface area contributed by atoms with E-state index in [9.17, 15) is 4.79 Å². The number of benzene rings is 2. The van der Waals surface area contributed by atoms with Crippen molar-refractivity contribution in [1.29, 1.82) is 0 Å². The van der Waals surface area contributed by atoms with Crippen LogP contribution in [0.2, 0.25) is 0 Å². The molecule has 1 saturated heterocycles. The van der Waals surface area contributed by atoms with E-state index in [1.54, 1.807) is 6.20 Å². The number of aromatic nitrogens is 3. The van der Waals surface area contributed by atoms with Crippen molar-refractivity contribution >= 4 is 16.9 Å². The minimum atomic E-state index is 0.0397. The Labute approximate surface area is 169 Å². The summed E-state index contributed by atoms with van der Waals surface area (Å²) in [5.41, 5.74) is 4.59. The molecular formula is C24H22N4O. The van der Waals surface area contributed by atoms with Gasteiger partial charge in [0.15, 0.2) is 0 Å². The van der Waals surface area contributed by atoms with Gasteiger partial charge in [-0.1, -0.05) is 42.5 Å². The molecule has 1 aliphatic rings. The highest BCUT2D eigenvalue weighted by Crippen LogP contribution is 2.27. The Bertz CT molecular complexity index is 1100. The summed E-state index contributed by atoms with van der Waals surface area (Å²) in [7, 11) is 0. The predicted molar refractivity (Wildman–Crippen MR) is 114 cm³/mol. The fraction of sp³-hybridized carbons (Fsp3) is 0.208. The number of nitrogens with one attached hydrogen (secondary N) is 1. The smallest absolute Gasteiger partial charge is 0.255 e. The number of amides is 1. The molecule has 3 heterocycles. The molecule has 2 aromatic carbocycles. The predicted octanol–water partition coefficient (Wildman–Crippen LogP) is 4.64. The van der Waals surface area contributed by atoms with E-state index in [1.165, 1.54) is 0 Å². The number of aromatic amines is 1. The second kappa shape index (κ2) is 7.51. The normalized spacial score (nSPS) is 16.8. The van der Waals surface area contributed by atoms with Crippen molar-refractivity contribution < 1.29 is 4.79 Å². The number of hydrogen-bond donors (Lipinski definition) is 1. The van der Waals surface area contributed by atoms with Crippen LogP contribution in [0.1, 0.15) is 34.9 Å². The SMILES string of the molecule is O=C(c1ccc(-c2ccccc2)nc1)N1CCCC(c2nc3ccccc3[nH]2)C1. The number of likely N-dealkylation sites (tertiary alicyclic amines) is 1. The summed E-state index contributed by atoms with van der Waals surface area (Å²) in [5, 5.41) is 0. The number of pyridine rings is 1. The van der Waals surface area contributed by atoms with Gasteiger partial charge in [0.2, 0.25) is 0 Å². The lowest BCUT2D eigenvalue weighted by atomic mass is 9.97. The van der Waals surface area contributed by atoms with Crippen LogP contribution in [0.3, 0.4) is 0 Å². The van der Waals surface area contributed by atoms with E-state index in [1.807, 2.05) is 71.6 Å². The number of rotatable bonds is 3. The first kappa shape index (κ1) is 17.6.